The largest absolute Gasteiger partial charge is 0.466 e. The Morgan fingerprint density at radius 2 is 1.62 bits per heavy atom. The minimum Gasteiger partial charge on any atom is -0.466 e. The zero-order valence-corrected chi connectivity index (χ0v) is 14.0. The number of esters is 1. The smallest absolute Gasteiger partial charge is 0.333 e. The van der Waals surface area contributed by atoms with Crippen LogP contribution in [0, 0.1) is 0 Å². The molecule has 0 fully saturated rings. The summed E-state index contributed by atoms with van der Waals surface area (Å²) in [7, 11) is 0. The third-order valence-corrected chi connectivity index (χ3v) is 3.55. The second kappa shape index (κ2) is 8.73. The van der Waals surface area contributed by atoms with E-state index in [1.54, 1.807) is 6.92 Å². The van der Waals surface area contributed by atoms with E-state index < -0.39 is 0 Å². The van der Waals surface area contributed by atoms with Crippen LogP contribution in [0.2, 0.25) is 0 Å². The van der Waals surface area contributed by atoms with Gasteiger partial charge in [0.25, 0.3) is 0 Å². The SMILES string of the molecule is C=COc1ccc(-c2ccc(CCCOC(=O)C(=C)C)cc2)cc1. The number of carbonyl (C=O) groups is 1. The molecule has 2 aromatic carbocycles. The topological polar surface area (TPSA) is 35.5 Å². The lowest BCUT2D eigenvalue weighted by atomic mass is 10.0. The molecule has 0 amide bonds. The lowest BCUT2D eigenvalue weighted by Crippen LogP contribution is -2.06. The first-order valence-electron chi connectivity index (χ1n) is 7.89. The van der Waals surface area contributed by atoms with Gasteiger partial charge in [0, 0.05) is 5.57 Å². The van der Waals surface area contributed by atoms with E-state index >= 15 is 0 Å². The molecule has 0 aromatic heterocycles. The van der Waals surface area contributed by atoms with Gasteiger partial charge in [-0.2, -0.15) is 0 Å². The molecule has 2 aromatic rings. The number of aryl methyl sites for hydroxylation is 1. The van der Waals surface area contributed by atoms with E-state index in [9.17, 15) is 4.79 Å². The molecule has 124 valence electrons. The Morgan fingerprint density at radius 3 is 2.17 bits per heavy atom. The van der Waals surface area contributed by atoms with Crippen LogP contribution in [0.1, 0.15) is 18.9 Å². The van der Waals surface area contributed by atoms with Gasteiger partial charge in [-0.25, -0.2) is 4.79 Å². The molecule has 0 N–H and O–H groups in total. The summed E-state index contributed by atoms with van der Waals surface area (Å²) in [4.78, 5) is 11.3. The van der Waals surface area contributed by atoms with Gasteiger partial charge < -0.3 is 9.47 Å². The first-order valence-corrected chi connectivity index (χ1v) is 7.89. The maximum atomic E-state index is 11.3. The number of rotatable bonds is 8. The number of ether oxygens (including phenoxy) is 2. The van der Waals surface area contributed by atoms with Crippen molar-refractivity contribution < 1.29 is 14.3 Å². The van der Waals surface area contributed by atoms with Crippen LogP contribution in [0.5, 0.6) is 5.75 Å². The summed E-state index contributed by atoms with van der Waals surface area (Å²) in [6.07, 6.45) is 3.08. The van der Waals surface area contributed by atoms with Crippen LogP contribution in [-0.4, -0.2) is 12.6 Å². The summed E-state index contributed by atoms with van der Waals surface area (Å²) in [5.41, 5.74) is 3.94. The lowest BCUT2D eigenvalue weighted by molar-refractivity contribution is -0.139. The Balaban J connectivity index is 1.87. The fourth-order valence-electron chi connectivity index (χ4n) is 2.25. The quantitative estimate of drug-likeness (QED) is 0.299. The molecule has 0 unspecified atom stereocenters. The molecule has 0 aliphatic heterocycles. The minimum atomic E-state index is -0.325. The first-order chi connectivity index (χ1) is 11.6. The maximum absolute atomic E-state index is 11.3. The molecule has 0 spiro atoms. The van der Waals surface area contributed by atoms with Crippen molar-refractivity contribution in [2.24, 2.45) is 0 Å². The molecule has 0 bridgehead atoms. The molecule has 0 aliphatic rings. The van der Waals surface area contributed by atoms with Crippen LogP contribution < -0.4 is 4.74 Å². The van der Waals surface area contributed by atoms with Gasteiger partial charge in [0.05, 0.1) is 12.9 Å². The van der Waals surface area contributed by atoms with Crippen molar-refractivity contribution >= 4 is 5.97 Å². The second-order valence-corrected chi connectivity index (χ2v) is 5.53. The van der Waals surface area contributed by atoms with Crippen LogP contribution in [0.15, 0.2) is 73.5 Å². The number of hydrogen-bond acceptors (Lipinski definition) is 3. The molecule has 0 saturated carbocycles. The van der Waals surface area contributed by atoms with E-state index in [1.807, 2.05) is 24.3 Å². The molecule has 24 heavy (non-hydrogen) atoms. The van der Waals surface area contributed by atoms with Crippen LogP contribution in [-0.2, 0) is 16.0 Å². The highest BCUT2D eigenvalue weighted by molar-refractivity contribution is 5.86. The van der Waals surface area contributed by atoms with Gasteiger partial charge in [-0.05, 0) is 48.6 Å². The molecular formula is C21H22O3. The predicted octanol–water partition coefficient (Wildman–Crippen LogP) is 4.93. The Morgan fingerprint density at radius 1 is 1.04 bits per heavy atom. The van der Waals surface area contributed by atoms with Gasteiger partial charge in [-0.15, -0.1) is 0 Å². The average Bonchev–Trinajstić information content (AvgIpc) is 2.60. The lowest BCUT2D eigenvalue weighted by Gasteiger charge is -2.07. The van der Waals surface area contributed by atoms with Gasteiger partial charge in [0.1, 0.15) is 5.75 Å². The van der Waals surface area contributed by atoms with Crippen molar-refractivity contribution in [1.29, 1.82) is 0 Å². The van der Waals surface area contributed by atoms with E-state index in [-0.39, 0.29) is 5.97 Å². The maximum Gasteiger partial charge on any atom is 0.333 e. The summed E-state index contributed by atoms with van der Waals surface area (Å²) in [5.74, 6) is 0.448. The molecule has 0 heterocycles. The summed E-state index contributed by atoms with van der Waals surface area (Å²) in [6.45, 7) is 9.16. The minimum absolute atomic E-state index is 0.325. The normalized spacial score (nSPS) is 10.0. The highest BCUT2D eigenvalue weighted by Crippen LogP contribution is 2.23. The van der Waals surface area contributed by atoms with Gasteiger partial charge >= 0.3 is 5.97 Å². The third-order valence-electron chi connectivity index (χ3n) is 3.55. The van der Waals surface area contributed by atoms with Crippen molar-refractivity contribution in [3.63, 3.8) is 0 Å². The molecule has 3 nitrogen and oxygen atoms in total. The fraction of sp³-hybridized carbons (Fsp3) is 0.190. The first kappa shape index (κ1) is 17.5. The zero-order chi connectivity index (χ0) is 17.4. The summed E-state index contributed by atoms with van der Waals surface area (Å²) >= 11 is 0. The Labute approximate surface area is 143 Å². The van der Waals surface area contributed by atoms with Crippen LogP contribution in [0.25, 0.3) is 11.1 Å². The fourth-order valence-corrected chi connectivity index (χ4v) is 2.25. The van der Waals surface area contributed by atoms with E-state index in [4.69, 9.17) is 9.47 Å². The van der Waals surface area contributed by atoms with Crippen molar-refractivity contribution in [2.75, 3.05) is 6.61 Å². The van der Waals surface area contributed by atoms with Gasteiger partial charge in [-0.1, -0.05) is 49.6 Å². The van der Waals surface area contributed by atoms with Crippen molar-refractivity contribution in [1.82, 2.24) is 0 Å². The Bertz CT molecular complexity index is 697. The second-order valence-electron chi connectivity index (χ2n) is 5.53. The molecule has 0 saturated heterocycles. The van der Waals surface area contributed by atoms with E-state index in [1.165, 1.54) is 11.8 Å². The number of benzene rings is 2. The zero-order valence-electron chi connectivity index (χ0n) is 14.0. The highest BCUT2D eigenvalue weighted by atomic mass is 16.5. The molecule has 3 heteroatoms. The van der Waals surface area contributed by atoms with Crippen molar-refractivity contribution in [3.8, 4) is 16.9 Å². The van der Waals surface area contributed by atoms with E-state index in [0.717, 1.165) is 29.7 Å². The van der Waals surface area contributed by atoms with Gasteiger partial charge in [0.15, 0.2) is 0 Å². The number of hydrogen-bond donors (Lipinski definition) is 0. The molecule has 0 aliphatic carbocycles. The highest BCUT2D eigenvalue weighted by Gasteiger charge is 2.03. The molecular weight excluding hydrogens is 300 g/mol. The summed E-state index contributed by atoms with van der Waals surface area (Å²) in [6, 6.07) is 16.3. The predicted molar refractivity (Wildman–Crippen MR) is 96.8 cm³/mol. The summed E-state index contributed by atoms with van der Waals surface area (Å²) < 4.78 is 10.3. The van der Waals surface area contributed by atoms with Crippen LogP contribution in [0.3, 0.4) is 0 Å². The van der Waals surface area contributed by atoms with Crippen LogP contribution >= 0.6 is 0 Å². The van der Waals surface area contributed by atoms with Crippen molar-refractivity contribution in [2.45, 2.75) is 19.8 Å². The Kier molecular flexibility index (Phi) is 6.38. The molecule has 2 rings (SSSR count). The third kappa shape index (κ3) is 5.13. The standard InChI is InChI=1S/C21H22O3/c1-4-23-20-13-11-19(12-14-20)18-9-7-17(8-10-18)6-5-15-24-21(22)16(2)3/h4,7-14H,1-2,5-6,15H2,3H3. The Hall–Kier alpha value is -2.81. The summed E-state index contributed by atoms with van der Waals surface area (Å²) in [5, 5.41) is 0. The monoisotopic (exact) mass is 322 g/mol. The van der Waals surface area contributed by atoms with Crippen molar-refractivity contribution in [3.05, 3.63) is 79.1 Å². The molecule has 0 atom stereocenters. The molecule has 0 radical (unpaired) electrons. The van der Waals surface area contributed by atoms with E-state index in [0.29, 0.717) is 12.2 Å². The van der Waals surface area contributed by atoms with Gasteiger partial charge in [-0.3, -0.25) is 0 Å². The van der Waals surface area contributed by atoms with E-state index in [2.05, 4.69) is 37.4 Å². The average molecular weight is 322 g/mol. The van der Waals surface area contributed by atoms with Crippen LogP contribution in [0.4, 0.5) is 0 Å². The number of carbonyl (C=O) groups excluding carboxylic acids is 1. The van der Waals surface area contributed by atoms with Gasteiger partial charge in [0.2, 0.25) is 0 Å².